The van der Waals surface area contributed by atoms with Gasteiger partial charge >= 0.3 is 0 Å². The summed E-state index contributed by atoms with van der Waals surface area (Å²) in [6, 6.07) is 7.61. The Morgan fingerprint density at radius 2 is 0.750 bits per heavy atom. The van der Waals surface area contributed by atoms with E-state index in [0.717, 1.165) is 11.1 Å². The molecule has 1 aromatic rings. The number of hydrogen-bond acceptors (Lipinski definition) is 14. The first-order valence-electron chi connectivity index (χ1n) is 18.2. The van der Waals surface area contributed by atoms with Crippen molar-refractivity contribution in [1.29, 1.82) is 0 Å². The van der Waals surface area contributed by atoms with Crippen molar-refractivity contribution in [3.05, 3.63) is 35.4 Å². The van der Waals surface area contributed by atoms with Crippen molar-refractivity contribution in [2.45, 2.75) is 65.2 Å². The predicted molar refractivity (Wildman–Crippen MR) is 199 cm³/mol. The molecule has 0 radical (unpaired) electrons. The number of rotatable bonds is 36. The van der Waals surface area contributed by atoms with E-state index in [1.54, 1.807) is 0 Å². The lowest BCUT2D eigenvalue weighted by atomic mass is 9.79. The highest BCUT2D eigenvalue weighted by molar-refractivity contribution is 7.86. The van der Waals surface area contributed by atoms with Crippen molar-refractivity contribution in [3.8, 4) is 0 Å². The molecule has 0 aromatic heterocycles. The zero-order chi connectivity index (χ0) is 38.6. The third-order valence-electron chi connectivity index (χ3n) is 7.63. The molecule has 0 aliphatic rings. The molecule has 306 valence electrons. The molecule has 0 atom stereocenters. The molecule has 16 heteroatoms. The van der Waals surface area contributed by atoms with Gasteiger partial charge < -0.3 is 37.9 Å². The highest BCUT2D eigenvalue weighted by Gasteiger charge is 2.29. The Balaban J connectivity index is 2.35. The molecular weight excluding hydrogens is 721 g/mol. The predicted octanol–water partition coefficient (Wildman–Crippen LogP) is 3.89. The largest absolute Gasteiger partial charge is 0.379 e. The van der Waals surface area contributed by atoms with Gasteiger partial charge in [-0.1, -0.05) is 52.0 Å². The standard InChI is InChI=1S/C36H66O14S2/c1-7-41-16-18-45-24-26-47-22-20-43-14-10-28-51(37,38)49-31-35(3,4)33-12-9-13-34(30-33)36(5,6)32-50-52(39,40)29-11-15-44-21-23-48-27-25-46-19-17-42-8-2/h9,12-13,30H,7-8,10-11,14-29,31-32H2,1-6H3. The zero-order valence-electron chi connectivity index (χ0n) is 32.4. The fourth-order valence-corrected chi connectivity index (χ4v) is 6.53. The van der Waals surface area contributed by atoms with E-state index >= 15 is 0 Å². The Labute approximate surface area is 313 Å². The van der Waals surface area contributed by atoms with Gasteiger partial charge in [0.05, 0.1) is 104 Å². The van der Waals surface area contributed by atoms with Gasteiger partial charge in [0, 0.05) is 37.3 Å². The van der Waals surface area contributed by atoms with Crippen LogP contribution < -0.4 is 0 Å². The zero-order valence-corrected chi connectivity index (χ0v) is 34.0. The van der Waals surface area contributed by atoms with E-state index < -0.39 is 31.1 Å². The second-order valence-electron chi connectivity index (χ2n) is 13.2. The molecule has 0 saturated heterocycles. The molecule has 0 aliphatic carbocycles. The first-order valence-corrected chi connectivity index (χ1v) is 21.4. The van der Waals surface area contributed by atoms with Crippen molar-refractivity contribution in [1.82, 2.24) is 0 Å². The first kappa shape index (κ1) is 48.7. The Morgan fingerprint density at radius 1 is 0.462 bits per heavy atom. The van der Waals surface area contributed by atoms with E-state index in [-0.39, 0.29) is 37.9 Å². The fourth-order valence-electron chi connectivity index (χ4n) is 4.40. The second kappa shape index (κ2) is 28.2. The van der Waals surface area contributed by atoms with Gasteiger partial charge in [-0.05, 0) is 37.8 Å². The highest BCUT2D eigenvalue weighted by Crippen LogP contribution is 2.30. The van der Waals surface area contributed by atoms with E-state index in [1.165, 1.54) is 0 Å². The summed E-state index contributed by atoms with van der Waals surface area (Å²) < 4.78 is 104. The van der Waals surface area contributed by atoms with Crippen LogP contribution in [0.2, 0.25) is 0 Å². The summed E-state index contributed by atoms with van der Waals surface area (Å²) in [5, 5.41) is 0. The molecule has 0 N–H and O–H groups in total. The van der Waals surface area contributed by atoms with E-state index in [4.69, 9.17) is 46.3 Å². The van der Waals surface area contributed by atoms with Gasteiger partial charge in [0.1, 0.15) is 0 Å². The Bertz CT molecular complexity index is 1150. The summed E-state index contributed by atoms with van der Waals surface area (Å²) in [7, 11) is -7.54. The molecule has 14 nitrogen and oxygen atoms in total. The minimum absolute atomic E-state index is 0.0526. The van der Waals surface area contributed by atoms with Gasteiger partial charge in [0.25, 0.3) is 20.2 Å². The second-order valence-corrected chi connectivity index (χ2v) is 16.7. The minimum atomic E-state index is -3.77. The average Bonchev–Trinajstić information content (AvgIpc) is 3.11. The van der Waals surface area contributed by atoms with Crippen LogP contribution in [0.5, 0.6) is 0 Å². The Morgan fingerprint density at radius 3 is 1.06 bits per heavy atom. The van der Waals surface area contributed by atoms with E-state index in [2.05, 4.69) is 0 Å². The minimum Gasteiger partial charge on any atom is -0.379 e. The van der Waals surface area contributed by atoms with E-state index in [9.17, 15) is 16.8 Å². The third kappa shape index (κ3) is 24.9. The molecule has 0 bridgehead atoms. The molecule has 0 heterocycles. The number of benzene rings is 1. The summed E-state index contributed by atoms with van der Waals surface area (Å²) in [6.45, 7) is 18.8. The lowest BCUT2D eigenvalue weighted by Gasteiger charge is -2.29. The lowest BCUT2D eigenvalue weighted by Crippen LogP contribution is -2.30. The Hall–Kier alpha value is -1.28. The van der Waals surface area contributed by atoms with Crippen molar-refractivity contribution >= 4 is 20.2 Å². The van der Waals surface area contributed by atoms with Crippen LogP contribution >= 0.6 is 0 Å². The number of hydrogen-bond donors (Lipinski definition) is 0. The van der Waals surface area contributed by atoms with Gasteiger partial charge in [0.15, 0.2) is 0 Å². The maximum absolute atomic E-state index is 12.6. The summed E-state index contributed by atoms with van der Waals surface area (Å²) in [5.41, 5.74) is 0.424. The summed E-state index contributed by atoms with van der Waals surface area (Å²) in [6.07, 6.45) is 0.592. The van der Waals surface area contributed by atoms with Gasteiger partial charge in [-0.3, -0.25) is 8.37 Å². The maximum atomic E-state index is 12.6. The number of ether oxygens (including phenoxy) is 8. The van der Waals surface area contributed by atoms with Crippen LogP contribution in [0.3, 0.4) is 0 Å². The molecule has 0 spiro atoms. The summed E-state index contributed by atoms with van der Waals surface area (Å²) >= 11 is 0. The molecule has 0 saturated carbocycles. The third-order valence-corrected chi connectivity index (χ3v) is 10.2. The smallest absolute Gasteiger partial charge is 0.267 e. The highest BCUT2D eigenvalue weighted by atomic mass is 32.2. The molecule has 52 heavy (non-hydrogen) atoms. The molecular formula is C36H66O14S2. The van der Waals surface area contributed by atoms with Crippen LogP contribution in [0.25, 0.3) is 0 Å². The Kier molecular flexibility index (Phi) is 26.4. The quantitative estimate of drug-likeness (QED) is 0.0712. The lowest BCUT2D eigenvalue weighted by molar-refractivity contribution is -0.000369. The van der Waals surface area contributed by atoms with Crippen molar-refractivity contribution in [3.63, 3.8) is 0 Å². The van der Waals surface area contributed by atoms with Crippen molar-refractivity contribution in [2.24, 2.45) is 0 Å². The van der Waals surface area contributed by atoms with Crippen LogP contribution in [-0.2, 0) is 77.3 Å². The topological polar surface area (TPSA) is 161 Å². The van der Waals surface area contributed by atoms with E-state index in [0.29, 0.717) is 105 Å². The molecule has 1 rings (SSSR count). The molecule has 0 unspecified atom stereocenters. The molecule has 0 aliphatic heterocycles. The van der Waals surface area contributed by atoms with Crippen molar-refractivity contribution in [2.75, 3.05) is 130 Å². The normalized spacial score (nSPS) is 12.9. The van der Waals surface area contributed by atoms with Crippen LogP contribution in [0, 0.1) is 0 Å². The van der Waals surface area contributed by atoms with Gasteiger partial charge in [-0.2, -0.15) is 16.8 Å². The summed E-state index contributed by atoms with van der Waals surface area (Å²) in [4.78, 5) is 0. The van der Waals surface area contributed by atoms with Gasteiger partial charge in [-0.15, -0.1) is 0 Å². The van der Waals surface area contributed by atoms with Crippen molar-refractivity contribution < 1.29 is 63.1 Å². The van der Waals surface area contributed by atoms with E-state index in [1.807, 2.05) is 65.8 Å². The SMILES string of the molecule is CCOCCOCCOCCOCCCS(=O)(=O)OCC(C)(C)c1cccc(C(C)(C)COS(=O)(=O)CCCOCCOCCOCCOCC)c1. The first-order chi connectivity index (χ1) is 24.7. The molecule has 0 amide bonds. The van der Waals surface area contributed by atoms with Crippen LogP contribution in [0.1, 0.15) is 65.5 Å². The van der Waals surface area contributed by atoms with Crippen LogP contribution in [0.15, 0.2) is 24.3 Å². The van der Waals surface area contributed by atoms with Gasteiger partial charge in [-0.25, -0.2) is 0 Å². The van der Waals surface area contributed by atoms with Crippen LogP contribution in [0.4, 0.5) is 0 Å². The average molecular weight is 787 g/mol. The summed E-state index contributed by atoms with van der Waals surface area (Å²) in [5.74, 6) is -0.327. The molecule has 1 aromatic carbocycles. The molecule has 0 fully saturated rings. The fraction of sp³-hybridized carbons (Fsp3) is 0.833. The van der Waals surface area contributed by atoms with Crippen LogP contribution in [-0.4, -0.2) is 147 Å². The van der Waals surface area contributed by atoms with Gasteiger partial charge in [0.2, 0.25) is 0 Å². The monoisotopic (exact) mass is 786 g/mol. The maximum Gasteiger partial charge on any atom is 0.267 e.